The summed E-state index contributed by atoms with van der Waals surface area (Å²) in [5.41, 5.74) is 2.51. The lowest BCUT2D eigenvalue weighted by molar-refractivity contribution is -0.115. The summed E-state index contributed by atoms with van der Waals surface area (Å²) in [5, 5.41) is 7.82. The van der Waals surface area contributed by atoms with Crippen LogP contribution in [0.4, 0.5) is 10.2 Å². The van der Waals surface area contributed by atoms with Crippen LogP contribution in [0.3, 0.4) is 0 Å². The van der Waals surface area contributed by atoms with Crippen LogP contribution in [0, 0.1) is 5.82 Å². The van der Waals surface area contributed by atoms with Gasteiger partial charge in [0.15, 0.2) is 11.5 Å². The minimum Gasteiger partial charge on any atom is -0.308 e. The van der Waals surface area contributed by atoms with Crippen molar-refractivity contribution in [3.63, 3.8) is 0 Å². The number of nitrogens with zero attached hydrogens (tertiary/aromatic N) is 3. The third kappa shape index (κ3) is 3.66. The fourth-order valence-electron chi connectivity index (χ4n) is 2.85. The molecule has 0 aliphatic heterocycles. The number of benzene rings is 2. The van der Waals surface area contributed by atoms with Gasteiger partial charge in [-0.1, -0.05) is 35.9 Å². The van der Waals surface area contributed by atoms with E-state index in [4.69, 9.17) is 11.6 Å². The quantitative estimate of drug-likeness (QED) is 0.572. The first-order valence-electron chi connectivity index (χ1n) is 8.24. The van der Waals surface area contributed by atoms with E-state index >= 15 is 0 Å². The fraction of sp³-hybridized carbons (Fsp3) is 0.0500. The van der Waals surface area contributed by atoms with E-state index in [2.05, 4.69) is 15.4 Å². The molecule has 134 valence electrons. The topological polar surface area (TPSA) is 59.3 Å². The summed E-state index contributed by atoms with van der Waals surface area (Å²) in [7, 11) is 0. The van der Waals surface area contributed by atoms with Gasteiger partial charge in [0.2, 0.25) is 5.91 Å². The van der Waals surface area contributed by atoms with E-state index in [1.807, 2.05) is 0 Å². The zero-order valence-electron chi connectivity index (χ0n) is 14.1. The molecule has 0 spiro atoms. The van der Waals surface area contributed by atoms with Crippen LogP contribution in [0.15, 0.2) is 67.0 Å². The standard InChI is InChI=1S/C20H14ClFN4O/c21-15-7-5-13(6-8-15)11-17(27)24-19-18(14-3-1-4-16(22)12-14)20-23-9-2-10-26(20)25-19/h1-10,12H,11H2,(H,24,25,27). The van der Waals surface area contributed by atoms with Crippen molar-refractivity contribution in [2.24, 2.45) is 0 Å². The van der Waals surface area contributed by atoms with Crippen LogP contribution in [0.1, 0.15) is 5.56 Å². The maximum absolute atomic E-state index is 13.7. The van der Waals surface area contributed by atoms with Crippen molar-refractivity contribution in [1.82, 2.24) is 14.6 Å². The number of anilines is 1. The molecular formula is C20H14ClFN4O. The second kappa shape index (κ2) is 7.17. The van der Waals surface area contributed by atoms with Crippen molar-refractivity contribution in [1.29, 1.82) is 0 Å². The number of hydrogen-bond acceptors (Lipinski definition) is 3. The molecule has 1 N–H and O–H groups in total. The van der Waals surface area contributed by atoms with Crippen molar-refractivity contribution in [2.75, 3.05) is 5.32 Å². The molecule has 1 amide bonds. The Bertz CT molecular complexity index is 1120. The fourth-order valence-corrected chi connectivity index (χ4v) is 2.97. The van der Waals surface area contributed by atoms with E-state index in [-0.39, 0.29) is 18.1 Å². The molecule has 2 aromatic heterocycles. The number of rotatable bonds is 4. The van der Waals surface area contributed by atoms with Crippen LogP contribution in [-0.4, -0.2) is 20.5 Å². The third-order valence-corrected chi connectivity index (χ3v) is 4.30. The molecule has 0 atom stereocenters. The molecule has 0 aliphatic rings. The molecule has 7 heteroatoms. The predicted octanol–water partition coefficient (Wildman–Crippen LogP) is 4.37. The molecule has 27 heavy (non-hydrogen) atoms. The molecule has 0 saturated heterocycles. The van der Waals surface area contributed by atoms with Crippen molar-refractivity contribution in [3.05, 3.63) is 83.4 Å². The number of aromatic nitrogens is 3. The summed E-state index contributed by atoms with van der Waals surface area (Å²) in [4.78, 5) is 16.8. The van der Waals surface area contributed by atoms with Crippen molar-refractivity contribution in [3.8, 4) is 11.1 Å². The smallest absolute Gasteiger partial charge is 0.230 e. The molecule has 0 unspecified atom stereocenters. The Morgan fingerprint density at radius 1 is 1.15 bits per heavy atom. The molecule has 0 fully saturated rings. The normalized spacial score (nSPS) is 10.9. The van der Waals surface area contributed by atoms with Gasteiger partial charge in [0.1, 0.15) is 5.82 Å². The molecular weight excluding hydrogens is 367 g/mol. The first kappa shape index (κ1) is 17.2. The number of carbonyl (C=O) groups excluding carboxylic acids is 1. The molecule has 0 bridgehead atoms. The van der Waals surface area contributed by atoms with Gasteiger partial charge in [0.05, 0.1) is 12.0 Å². The van der Waals surface area contributed by atoms with Gasteiger partial charge in [-0.3, -0.25) is 4.79 Å². The predicted molar refractivity (Wildman–Crippen MR) is 102 cm³/mol. The Labute approximate surface area is 159 Å². The monoisotopic (exact) mass is 380 g/mol. The van der Waals surface area contributed by atoms with Crippen molar-refractivity contribution in [2.45, 2.75) is 6.42 Å². The highest BCUT2D eigenvalue weighted by Gasteiger charge is 2.18. The molecule has 4 rings (SSSR count). The SMILES string of the molecule is O=C(Cc1ccc(Cl)cc1)Nc1nn2cccnc2c1-c1cccc(F)c1. The summed E-state index contributed by atoms with van der Waals surface area (Å²) < 4.78 is 15.3. The van der Waals surface area contributed by atoms with Crippen LogP contribution < -0.4 is 5.32 Å². The average molecular weight is 381 g/mol. The minimum atomic E-state index is -0.374. The van der Waals surface area contributed by atoms with Crippen LogP contribution >= 0.6 is 11.6 Å². The maximum Gasteiger partial charge on any atom is 0.230 e. The number of hydrogen-bond donors (Lipinski definition) is 1. The van der Waals surface area contributed by atoms with Crippen LogP contribution in [0.5, 0.6) is 0 Å². The lowest BCUT2D eigenvalue weighted by Crippen LogP contribution is -2.15. The van der Waals surface area contributed by atoms with E-state index in [1.54, 1.807) is 59.4 Å². The molecule has 0 radical (unpaired) electrons. The summed E-state index contributed by atoms with van der Waals surface area (Å²) in [5.74, 6) is -0.280. The maximum atomic E-state index is 13.7. The zero-order chi connectivity index (χ0) is 18.8. The Morgan fingerprint density at radius 3 is 2.74 bits per heavy atom. The lowest BCUT2D eigenvalue weighted by Gasteiger charge is -2.06. The Balaban J connectivity index is 1.69. The minimum absolute atomic E-state index is 0.168. The molecule has 5 nitrogen and oxygen atoms in total. The Kier molecular flexibility index (Phi) is 4.56. The van der Waals surface area contributed by atoms with E-state index in [0.29, 0.717) is 27.6 Å². The van der Waals surface area contributed by atoms with Crippen molar-refractivity contribution < 1.29 is 9.18 Å². The highest BCUT2D eigenvalue weighted by molar-refractivity contribution is 6.30. The Morgan fingerprint density at radius 2 is 1.96 bits per heavy atom. The lowest BCUT2D eigenvalue weighted by atomic mass is 10.1. The number of amides is 1. The summed E-state index contributed by atoms with van der Waals surface area (Å²) in [6.07, 6.45) is 3.51. The second-order valence-electron chi connectivity index (χ2n) is 5.97. The largest absolute Gasteiger partial charge is 0.308 e. The van der Waals surface area contributed by atoms with Gasteiger partial charge in [-0.25, -0.2) is 13.9 Å². The first-order valence-corrected chi connectivity index (χ1v) is 8.61. The van der Waals surface area contributed by atoms with Crippen LogP contribution in [-0.2, 0) is 11.2 Å². The number of carbonyl (C=O) groups is 1. The highest BCUT2D eigenvalue weighted by atomic mass is 35.5. The molecule has 2 aromatic carbocycles. The van der Waals surface area contributed by atoms with E-state index < -0.39 is 0 Å². The van der Waals surface area contributed by atoms with Gasteiger partial charge in [-0.05, 0) is 41.5 Å². The summed E-state index contributed by atoms with van der Waals surface area (Å²) in [6.45, 7) is 0. The van der Waals surface area contributed by atoms with Crippen LogP contribution in [0.2, 0.25) is 5.02 Å². The highest BCUT2D eigenvalue weighted by Crippen LogP contribution is 2.31. The van der Waals surface area contributed by atoms with Gasteiger partial charge in [0, 0.05) is 17.4 Å². The van der Waals surface area contributed by atoms with E-state index in [0.717, 1.165) is 5.56 Å². The summed E-state index contributed by atoms with van der Waals surface area (Å²) >= 11 is 5.87. The molecule has 2 heterocycles. The van der Waals surface area contributed by atoms with Gasteiger partial charge in [-0.2, -0.15) is 0 Å². The van der Waals surface area contributed by atoms with Gasteiger partial charge in [-0.15, -0.1) is 5.10 Å². The molecule has 0 saturated carbocycles. The zero-order valence-corrected chi connectivity index (χ0v) is 14.8. The van der Waals surface area contributed by atoms with Crippen LogP contribution in [0.25, 0.3) is 16.8 Å². The number of nitrogens with one attached hydrogen (secondary N) is 1. The van der Waals surface area contributed by atoms with E-state index in [9.17, 15) is 9.18 Å². The van der Waals surface area contributed by atoms with Gasteiger partial charge in [0.25, 0.3) is 0 Å². The Hall–Kier alpha value is -3.25. The average Bonchev–Trinajstić information content (AvgIpc) is 3.01. The molecule has 0 aliphatic carbocycles. The van der Waals surface area contributed by atoms with Gasteiger partial charge < -0.3 is 5.32 Å². The first-order chi connectivity index (χ1) is 13.1. The molecule has 4 aromatic rings. The van der Waals surface area contributed by atoms with Crippen molar-refractivity contribution >= 4 is 29.0 Å². The second-order valence-corrected chi connectivity index (χ2v) is 6.41. The van der Waals surface area contributed by atoms with E-state index in [1.165, 1.54) is 12.1 Å². The van der Waals surface area contributed by atoms with Gasteiger partial charge >= 0.3 is 0 Å². The summed E-state index contributed by atoms with van der Waals surface area (Å²) in [6, 6.07) is 14.9. The third-order valence-electron chi connectivity index (χ3n) is 4.04. The number of halogens is 2. The number of fused-ring (bicyclic) bond motifs is 1.